The normalized spacial score (nSPS) is 13.3. The lowest BCUT2D eigenvalue weighted by Crippen LogP contribution is -2.29. The molecular formula is C37H47NO4. The molecule has 0 spiro atoms. The monoisotopic (exact) mass is 569 g/mol. The zero-order valence-electron chi connectivity index (χ0n) is 25.5. The van der Waals surface area contributed by atoms with E-state index in [4.69, 9.17) is 9.47 Å². The Morgan fingerprint density at radius 1 is 0.714 bits per heavy atom. The number of hydrogen-bond acceptors (Lipinski definition) is 4. The van der Waals surface area contributed by atoms with Crippen molar-refractivity contribution in [2.24, 2.45) is 5.92 Å². The predicted octanol–water partition coefficient (Wildman–Crippen LogP) is 7.88. The third kappa shape index (κ3) is 20.8. The molecule has 0 saturated carbocycles. The van der Waals surface area contributed by atoms with Crippen LogP contribution in [0.1, 0.15) is 45.2 Å². The van der Waals surface area contributed by atoms with Crippen LogP contribution in [0.4, 0.5) is 0 Å². The minimum atomic E-state index is -0.101. The van der Waals surface area contributed by atoms with Crippen molar-refractivity contribution in [3.05, 3.63) is 145 Å². The number of carbonyl (C=O) groups is 2. The lowest BCUT2D eigenvalue weighted by atomic mass is 10.0. The Bertz CT molecular complexity index is 1070. The quantitative estimate of drug-likeness (QED) is 0.0911. The molecule has 5 heteroatoms. The molecule has 0 radical (unpaired) electrons. The summed E-state index contributed by atoms with van der Waals surface area (Å²) in [5.74, 6) is 0.277. The van der Waals surface area contributed by atoms with Crippen molar-refractivity contribution in [3.8, 4) is 0 Å². The fourth-order valence-electron chi connectivity index (χ4n) is 3.49. The summed E-state index contributed by atoms with van der Waals surface area (Å²) in [6.07, 6.45) is 22.5. The number of rotatable bonds is 17. The minimum absolute atomic E-state index is 0.0203. The van der Waals surface area contributed by atoms with Gasteiger partial charge in [0.2, 0.25) is 5.91 Å². The predicted molar refractivity (Wildman–Crippen MR) is 175 cm³/mol. The highest BCUT2D eigenvalue weighted by molar-refractivity contribution is 5.90. The average molecular weight is 570 g/mol. The van der Waals surface area contributed by atoms with Gasteiger partial charge in [-0.15, -0.1) is 0 Å². The highest BCUT2D eigenvalue weighted by atomic mass is 16.5. The van der Waals surface area contributed by atoms with Crippen LogP contribution in [0.15, 0.2) is 134 Å². The number of benzene rings is 2. The van der Waals surface area contributed by atoms with E-state index in [1.807, 2.05) is 137 Å². The van der Waals surface area contributed by atoms with Crippen LogP contribution in [-0.2, 0) is 32.3 Å². The fraction of sp³-hybridized carbons (Fsp3) is 0.297. The molecule has 1 amide bonds. The summed E-state index contributed by atoms with van der Waals surface area (Å²) >= 11 is 0. The molecule has 0 saturated heterocycles. The SMILES string of the molecule is C/C=C/C=C/C(=O)C[C@H](C)/C=C\COCc1ccccc1.C/C=C/C=C/C(=O)N[C@H](C)/C=C\COCc1ccccc1. The zero-order chi connectivity index (χ0) is 30.7. The van der Waals surface area contributed by atoms with Crippen molar-refractivity contribution < 1.29 is 19.1 Å². The lowest BCUT2D eigenvalue weighted by molar-refractivity contribution is -0.117. The molecular weight excluding hydrogens is 522 g/mol. The summed E-state index contributed by atoms with van der Waals surface area (Å²) in [5, 5.41) is 2.85. The van der Waals surface area contributed by atoms with Gasteiger partial charge in [0.25, 0.3) is 0 Å². The molecule has 0 unspecified atom stereocenters. The third-order valence-corrected chi connectivity index (χ3v) is 5.57. The number of allylic oxidation sites excluding steroid dienone is 8. The molecule has 0 bridgehead atoms. The van der Waals surface area contributed by atoms with Gasteiger partial charge in [0.05, 0.1) is 26.4 Å². The number of hydrogen-bond donors (Lipinski definition) is 1. The van der Waals surface area contributed by atoms with Crippen molar-refractivity contribution >= 4 is 11.7 Å². The first kappa shape index (κ1) is 36.0. The molecule has 0 aliphatic heterocycles. The first-order chi connectivity index (χ1) is 20.4. The molecule has 1 N–H and O–H groups in total. The second-order valence-corrected chi connectivity index (χ2v) is 9.57. The maximum atomic E-state index is 11.6. The fourth-order valence-corrected chi connectivity index (χ4v) is 3.49. The average Bonchev–Trinajstić information content (AvgIpc) is 2.98. The Morgan fingerprint density at radius 3 is 1.74 bits per heavy atom. The van der Waals surface area contributed by atoms with E-state index in [0.717, 1.165) is 5.56 Å². The topological polar surface area (TPSA) is 64.6 Å². The van der Waals surface area contributed by atoms with Gasteiger partial charge in [-0.3, -0.25) is 9.59 Å². The van der Waals surface area contributed by atoms with Crippen LogP contribution in [0, 0.1) is 5.92 Å². The van der Waals surface area contributed by atoms with Crippen molar-refractivity contribution in [1.82, 2.24) is 5.32 Å². The Morgan fingerprint density at radius 2 is 1.21 bits per heavy atom. The Balaban J connectivity index is 0.000000420. The van der Waals surface area contributed by atoms with Crippen LogP contribution >= 0.6 is 0 Å². The van der Waals surface area contributed by atoms with Gasteiger partial charge in [0.15, 0.2) is 5.78 Å². The van der Waals surface area contributed by atoms with E-state index in [0.29, 0.717) is 32.8 Å². The number of amides is 1. The van der Waals surface area contributed by atoms with Gasteiger partial charge in [-0.2, -0.15) is 0 Å². The van der Waals surface area contributed by atoms with Crippen molar-refractivity contribution in [2.45, 2.75) is 53.4 Å². The summed E-state index contributed by atoms with van der Waals surface area (Å²) in [6.45, 7) is 10.1. The standard InChI is InChI=1S/C19H24O2.C18H23NO2/c1-3-4-6-13-19(20)15-17(2)10-9-14-21-16-18-11-7-5-8-12-18;1-3-4-6-13-18(20)19-16(2)10-9-14-21-15-17-11-7-5-8-12-17/h3-13,17H,14-16H2,1-2H3;3-13,16H,14-15H2,1-2H3,(H,19,20)/b2*4-3+,10-9-,13-6+/t17-;16-/m11/s1. The maximum Gasteiger partial charge on any atom is 0.244 e. The highest BCUT2D eigenvalue weighted by Gasteiger charge is 2.02. The number of ketones is 1. The third-order valence-electron chi connectivity index (χ3n) is 5.57. The van der Waals surface area contributed by atoms with E-state index in [1.165, 1.54) is 11.6 Å². The first-order valence-electron chi connectivity index (χ1n) is 14.4. The van der Waals surface area contributed by atoms with E-state index in [2.05, 4.69) is 5.32 Å². The molecule has 0 aliphatic rings. The summed E-state index contributed by atoms with van der Waals surface area (Å²) in [5.41, 5.74) is 2.32. The van der Waals surface area contributed by atoms with E-state index < -0.39 is 0 Å². The van der Waals surface area contributed by atoms with E-state index >= 15 is 0 Å². The van der Waals surface area contributed by atoms with Crippen LogP contribution in [0.2, 0.25) is 0 Å². The van der Waals surface area contributed by atoms with E-state index in [9.17, 15) is 9.59 Å². The van der Waals surface area contributed by atoms with Gasteiger partial charge in [0, 0.05) is 18.5 Å². The molecule has 5 nitrogen and oxygen atoms in total. The van der Waals surface area contributed by atoms with Gasteiger partial charge >= 0.3 is 0 Å². The van der Waals surface area contributed by atoms with Gasteiger partial charge in [-0.05, 0) is 43.9 Å². The number of ether oxygens (including phenoxy) is 2. The van der Waals surface area contributed by atoms with Gasteiger partial charge in [0.1, 0.15) is 0 Å². The summed E-state index contributed by atoms with van der Waals surface area (Å²) in [7, 11) is 0. The second kappa shape index (κ2) is 24.7. The largest absolute Gasteiger partial charge is 0.373 e. The summed E-state index contributed by atoms with van der Waals surface area (Å²) < 4.78 is 11.1. The summed E-state index contributed by atoms with van der Waals surface area (Å²) in [4.78, 5) is 23.1. The first-order valence-corrected chi connectivity index (χ1v) is 14.4. The van der Waals surface area contributed by atoms with Crippen LogP contribution in [0.3, 0.4) is 0 Å². The maximum absolute atomic E-state index is 11.6. The van der Waals surface area contributed by atoms with Crippen LogP contribution in [0.25, 0.3) is 0 Å². The van der Waals surface area contributed by atoms with Gasteiger partial charge < -0.3 is 14.8 Å². The van der Waals surface area contributed by atoms with E-state index in [-0.39, 0.29) is 23.7 Å². The molecule has 2 aromatic rings. The van der Waals surface area contributed by atoms with Crippen molar-refractivity contribution in [1.29, 1.82) is 0 Å². The molecule has 0 aromatic heterocycles. The Hall–Kier alpha value is -4.06. The molecule has 2 aromatic carbocycles. The van der Waals surface area contributed by atoms with Gasteiger partial charge in [-0.1, -0.05) is 128 Å². The van der Waals surface area contributed by atoms with Crippen molar-refractivity contribution in [3.63, 3.8) is 0 Å². The van der Waals surface area contributed by atoms with Gasteiger partial charge in [-0.25, -0.2) is 0 Å². The molecule has 0 heterocycles. The summed E-state index contributed by atoms with van der Waals surface area (Å²) in [6, 6.07) is 20.1. The van der Waals surface area contributed by atoms with Crippen LogP contribution < -0.4 is 5.32 Å². The molecule has 42 heavy (non-hydrogen) atoms. The minimum Gasteiger partial charge on any atom is -0.373 e. The molecule has 224 valence electrons. The molecule has 2 rings (SSSR count). The Labute approximate surface area is 253 Å². The molecule has 0 aliphatic carbocycles. The Kier molecular flexibility index (Phi) is 21.2. The molecule has 2 atom stereocenters. The highest BCUT2D eigenvalue weighted by Crippen LogP contribution is 2.06. The zero-order valence-corrected chi connectivity index (χ0v) is 25.5. The van der Waals surface area contributed by atoms with Crippen molar-refractivity contribution in [2.75, 3.05) is 13.2 Å². The van der Waals surface area contributed by atoms with E-state index in [1.54, 1.807) is 18.2 Å². The number of carbonyl (C=O) groups excluding carboxylic acids is 2. The smallest absolute Gasteiger partial charge is 0.244 e. The lowest BCUT2D eigenvalue weighted by Gasteiger charge is -2.07. The van der Waals surface area contributed by atoms with Crippen LogP contribution in [0.5, 0.6) is 0 Å². The van der Waals surface area contributed by atoms with Crippen LogP contribution in [-0.4, -0.2) is 30.9 Å². The molecule has 0 fully saturated rings. The second-order valence-electron chi connectivity index (χ2n) is 9.57. The number of nitrogens with one attached hydrogen (secondary N) is 1.